The number of amides is 2. The van der Waals surface area contributed by atoms with Crippen LogP contribution in [0.2, 0.25) is 0 Å². The van der Waals surface area contributed by atoms with E-state index in [9.17, 15) is 4.79 Å². The van der Waals surface area contributed by atoms with Gasteiger partial charge in [-0.2, -0.15) is 12.6 Å². The van der Waals surface area contributed by atoms with Gasteiger partial charge >= 0.3 is 6.03 Å². The number of piperazine rings is 1. The smallest absolute Gasteiger partial charge is 0.317 e. The van der Waals surface area contributed by atoms with E-state index in [2.05, 4.69) is 41.6 Å². The zero-order chi connectivity index (χ0) is 15.8. The Morgan fingerprint density at radius 1 is 1.27 bits per heavy atom. The standard InChI is InChI=1S/C17H25N3OS/c1-2-8-19-9-11-20(12-10-19)17(21)18-16(14-22)13-15-6-4-3-5-7-15/h2-7,16,22H,1,8-14H2,(H,18,21). The third-order valence-electron chi connectivity index (χ3n) is 3.92. The maximum absolute atomic E-state index is 12.4. The summed E-state index contributed by atoms with van der Waals surface area (Å²) in [4.78, 5) is 16.6. The summed E-state index contributed by atoms with van der Waals surface area (Å²) in [5.41, 5.74) is 1.22. The molecule has 0 aliphatic carbocycles. The van der Waals surface area contributed by atoms with Crippen LogP contribution < -0.4 is 5.32 Å². The van der Waals surface area contributed by atoms with Crippen LogP contribution in [-0.4, -0.2) is 60.3 Å². The Labute approximate surface area is 138 Å². The molecule has 1 aliphatic rings. The van der Waals surface area contributed by atoms with Crippen molar-refractivity contribution in [2.75, 3.05) is 38.5 Å². The van der Waals surface area contributed by atoms with Crippen molar-refractivity contribution in [3.8, 4) is 0 Å². The lowest BCUT2D eigenvalue weighted by molar-refractivity contribution is 0.145. The molecule has 1 aromatic carbocycles. The molecule has 120 valence electrons. The van der Waals surface area contributed by atoms with Crippen molar-refractivity contribution in [3.63, 3.8) is 0 Å². The van der Waals surface area contributed by atoms with Gasteiger partial charge in [0, 0.05) is 44.5 Å². The third-order valence-corrected chi connectivity index (χ3v) is 4.36. The zero-order valence-electron chi connectivity index (χ0n) is 12.9. The molecule has 2 rings (SSSR count). The van der Waals surface area contributed by atoms with Gasteiger partial charge in [-0.1, -0.05) is 36.4 Å². The maximum atomic E-state index is 12.4. The van der Waals surface area contributed by atoms with Gasteiger partial charge < -0.3 is 10.2 Å². The minimum absolute atomic E-state index is 0.0215. The van der Waals surface area contributed by atoms with Crippen LogP contribution in [0.5, 0.6) is 0 Å². The van der Waals surface area contributed by atoms with Crippen LogP contribution in [0, 0.1) is 0 Å². The van der Waals surface area contributed by atoms with Crippen LogP contribution in [0.25, 0.3) is 0 Å². The SMILES string of the molecule is C=CCN1CCN(C(=O)NC(CS)Cc2ccccc2)CC1. The molecular formula is C17H25N3OS. The van der Waals surface area contributed by atoms with Gasteiger partial charge in [-0.15, -0.1) is 6.58 Å². The number of hydrogen-bond donors (Lipinski definition) is 2. The first-order valence-corrected chi connectivity index (χ1v) is 8.39. The Bertz CT molecular complexity index is 472. The maximum Gasteiger partial charge on any atom is 0.317 e. The van der Waals surface area contributed by atoms with Crippen molar-refractivity contribution in [2.24, 2.45) is 0 Å². The molecule has 1 aromatic rings. The number of hydrogen-bond acceptors (Lipinski definition) is 3. The lowest BCUT2D eigenvalue weighted by Gasteiger charge is -2.35. The average molecular weight is 319 g/mol. The minimum atomic E-state index is 0.0215. The Balaban J connectivity index is 1.81. The fourth-order valence-electron chi connectivity index (χ4n) is 2.64. The zero-order valence-corrected chi connectivity index (χ0v) is 13.8. The number of nitrogens with one attached hydrogen (secondary N) is 1. The second-order valence-electron chi connectivity index (χ2n) is 5.60. The highest BCUT2D eigenvalue weighted by Gasteiger charge is 2.22. The summed E-state index contributed by atoms with van der Waals surface area (Å²) in [6.07, 6.45) is 2.72. The molecule has 1 heterocycles. The summed E-state index contributed by atoms with van der Waals surface area (Å²) < 4.78 is 0. The predicted octanol–water partition coefficient (Wildman–Crippen LogP) is 2.04. The lowest BCUT2D eigenvalue weighted by atomic mass is 10.1. The molecule has 4 nitrogen and oxygen atoms in total. The van der Waals surface area contributed by atoms with E-state index in [-0.39, 0.29) is 12.1 Å². The normalized spacial score (nSPS) is 17.0. The molecule has 1 fully saturated rings. The van der Waals surface area contributed by atoms with Gasteiger partial charge in [0.05, 0.1) is 0 Å². The highest BCUT2D eigenvalue weighted by Crippen LogP contribution is 2.07. The molecule has 1 aliphatic heterocycles. The number of urea groups is 1. The molecule has 0 saturated carbocycles. The molecule has 0 radical (unpaired) electrons. The van der Waals surface area contributed by atoms with Crippen LogP contribution in [0.1, 0.15) is 5.56 Å². The number of rotatable bonds is 6. The molecule has 22 heavy (non-hydrogen) atoms. The molecule has 5 heteroatoms. The number of carbonyl (C=O) groups excluding carboxylic acids is 1. The Hall–Kier alpha value is -1.46. The van der Waals surface area contributed by atoms with Gasteiger partial charge in [-0.05, 0) is 12.0 Å². The molecular weight excluding hydrogens is 294 g/mol. The number of carbonyl (C=O) groups is 1. The van der Waals surface area contributed by atoms with Crippen molar-refractivity contribution < 1.29 is 4.79 Å². The molecule has 0 bridgehead atoms. The summed E-state index contributed by atoms with van der Waals surface area (Å²) in [7, 11) is 0. The van der Waals surface area contributed by atoms with E-state index >= 15 is 0 Å². The quantitative estimate of drug-likeness (QED) is 0.622. The predicted molar refractivity (Wildman–Crippen MR) is 94.5 cm³/mol. The number of benzene rings is 1. The van der Waals surface area contributed by atoms with Crippen LogP contribution in [0.15, 0.2) is 43.0 Å². The van der Waals surface area contributed by atoms with Crippen LogP contribution in [-0.2, 0) is 6.42 Å². The van der Waals surface area contributed by atoms with Crippen LogP contribution in [0.4, 0.5) is 4.79 Å². The van der Waals surface area contributed by atoms with Crippen LogP contribution >= 0.6 is 12.6 Å². The van der Waals surface area contributed by atoms with Gasteiger partial charge in [-0.25, -0.2) is 4.79 Å². The Morgan fingerprint density at radius 3 is 2.55 bits per heavy atom. The monoisotopic (exact) mass is 319 g/mol. The van der Waals surface area contributed by atoms with Crippen molar-refractivity contribution in [1.29, 1.82) is 0 Å². The molecule has 0 spiro atoms. The number of nitrogens with zero attached hydrogens (tertiary/aromatic N) is 2. The van der Waals surface area contributed by atoms with Gasteiger partial charge in [0.15, 0.2) is 0 Å². The highest BCUT2D eigenvalue weighted by atomic mass is 32.1. The molecule has 1 unspecified atom stereocenters. The molecule has 1 N–H and O–H groups in total. The second-order valence-corrected chi connectivity index (χ2v) is 5.96. The van der Waals surface area contributed by atoms with E-state index in [4.69, 9.17) is 0 Å². The van der Waals surface area contributed by atoms with Gasteiger partial charge in [0.2, 0.25) is 0 Å². The van der Waals surface area contributed by atoms with Crippen molar-refractivity contribution in [3.05, 3.63) is 48.6 Å². The number of thiol groups is 1. The molecule has 1 atom stereocenters. The van der Waals surface area contributed by atoms with Gasteiger partial charge in [0.1, 0.15) is 0 Å². The van der Waals surface area contributed by atoms with Gasteiger partial charge in [0.25, 0.3) is 0 Å². The largest absolute Gasteiger partial charge is 0.334 e. The third kappa shape index (κ3) is 5.07. The summed E-state index contributed by atoms with van der Waals surface area (Å²) >= 11 is 4.37. The van der Waals surface area contributed by atoms with Crippen molar-refractivity contribution >= 4 is 18.7 Å². The summed E-state index contributed by atoms with van der Waals surface area (Å²) in [5.74, 6) is 0.636. The summed E-state index contributed by atoms with van der Waals surface area (Å²) in [6, 6.07) is 10.3. The minimum Gasteiger partial charge on any atom is -0.334 e. The molecule has 2 amide bonds. The Kier molecular flexibility index (Phi) is 6.80. The van der Waals surface area contributed by atoms with E-state index in [0.29, 0.717) is 5.75 Å². The van der Waals surface area contributed by atoms with E-state index in [0.717, 1.165) is 39.1 Å². The molecule has 1 saturated heterocycles. The van der Waals surface area contributed by atoms with Crippen molar-refractivity contribution in [2.45, 2.75) is 12.5 Å². The lowest BCUT2D eigenvalue weighted by Crippen LogP contribution is -2.54. The average Bonchev–Trinajstić information content (AvgIpc) is 2.56. The highest BCUT2D eigenvalue weighted by molar-refractivity contribution is 7.80. The van der Waals surface area contributed by atoms with Gasteiger partial charge in [-0.3, -0.25) is 4.90 Å². The Morgan fingerprint density at radius 2 is 1.95 bits per heavy atom. The molecule has 0 aromatic heterocycles. The van der Waals surface area contributed by atoms with E-state index in [1.165, 1.54) is 5.56 Å². The van der Waals surface area contributed by atoms with E-state index in [1.807, 2.05) is 29.2 Å². The van der Waals surface area contributed by atoms with Crippen LogP contribution in [0.3, 0.4) is 0 Å². The summed E-state index contributed by atoms with van der Waals surface area (Å²) in [5, 5.41) is 3.10. The van der Waals surface area contributed by atoms with Crippen molar-refractivity contribution in [1.82, 2.24) is 15.1 Å². The first-order chi connectivity index (χ1) is 10.7. The second kappa shape index (κ2) is 8.86. The topological polar surface area (TPSA) is 35.6 Å². The fourth-order valence-corrected chi connectivity index (χ4v) is 2.86. The fraction of sp³-hybridized carbons (Fsp3) is 0.471. The van der Waals surface area contributed by atoms with E-state index < -0.39 is 0 Å². The summed E-state index contributed by atoms with van der Waals surface area (Å²) in [6.45, 7) is 8.00. The first kappa shape index (κ1) is 16.9. The first-order valence-electron chi connectivity index (χ1n) is 7.76. The van der Waals surface area contributed by atoms with E-state index in [1.54, 1.807) is 0 Å².